The van der Waals surface area contributed by atoms with E-state index in [4.69, 9.17) is 4.74 Å². The third-order valence-electron chi connectivity index (χ3n) is 3.58. The Morgan fingerprint density at radius 3 is 2.83 bits per heavy atom. The first kappa shape index (κ1) is 17.6. The molecule has 1 aromatic heterocycles. The van der Waals surface area contributed by atoms with Crippen LogP contribution in [0.2, 0.25) is 0 Å². The third kappa shape index (κ3) is 6.47. The van der Waals surface area contributed by atoms with E-state index in [2.05, 4.69) is 25.5 Å². The van der Waals surface area contributed by atoms with Crippen LogP contribution in [-0.2, 0) is 4.74 Å². The molecule has 0 saturated carbocycles. The molecule has 0 radical (unpaired) electrons. The van der Waals surface area contributed by atoms with Gasteiger partial charge in [-0.15, -0.1) is 0 Å². The minimum atomic E-state index is -0.175. The zero-order valence-corrected chi connectivity index (χ0v) is 13.9. The molecule has 0 atom stereocenters. The van der Waals surface area contributed by atoms with Crippen molar-refractivity contribution in [2.75, 3.05) is 71.9 Å². The smallest absolute Gasteiger partial charge is 0.270 e. The van der Waals surface area contributed by atoms with Crippen molar-refractivity contribution in [1.82, 2.24) is 25.1 Å². The number of rotatable bonds is 8. The van der Waals surface area contributed by atoms with E-state index < -0.39 is 0 Å². The van der Waals surface area contributed by atoms with Gasteiger partial charge >= 0.3 is 0 Å². The monoisotopic (exact) mass is 322 g/mol. The molecule has 2 rings (SSSR count). The molecule has 2 heterocycles. The van der Waals surface area contributed by atoms with Gasteiger partial charge in [-0.3, -0.25) is 9.69 Å². The lowest BCUT2D eigenvalue weighted by molar-refractivity contribution is 0.0398. The van der Waals surface area contributed by atoms with Crippen molar-refractivity contribution in [1.29, 1.82) is 0 Å². The molecule has 8 heteroatoms. The lowest BCUT2D eigenvalue weighted by Gasteiger charge is -2.26. The first-order valence-corrected chi connectivity index (χ1v) is 7.94. The molecule has 1 aromatic rings. The number of amides is 1. The van der Waals surface area contributed by atoms with Crippen molar-refractivity contribution in [3.63, 3.8) is 0 Å². The van der Waals surface area contributed by atoms with Crippen molar-refractivity contribution in [2.24, 2.45) is 0 Å². The Morgan fingerprint density at radius 2 is 2.09 bits per heavy atom. The van der Waals surface area contributed by atoms with Crippen LogP contribution in [-0.4, -0.2) is 92.3 Å². The van der Waals surface area contributed by atoms with E-state index in [1.54, 1.807) is 6.07 Å². The number of nitrogens with one attached hydrogen (secondary N) is 2. The molecule has 8 nitrogen and oxygen atoms in total. The highest BCUT2D eigenvalue weighted by molar-refractivity contribution is 5.92. The summed E-state index contributed by atoms with van der Waals surface area (Å²) in [6.07, 6.45) is 1.41. The number of aromatic nitrogens is 2. The summed E-state index contributed by atoms with van der Waals surface area (Å²) in [6, 6.07) is 1.68. The van der Waals surface area contributed by atoms with Gasteiger partial charge in [-0.2, -0.15) is 0 Å². The number of nitrogens with zero attached hydrogens (tertiary/aromatic N) is 4. The van der Waals surface area contributed by atoms with E-state index in [1.807, 2.05) is 19.0 Å². The lowest BCUT2D eigenvalue weighted by Crippen LogP contribution is -2.39. The Hall–Kier alpha value is -1.77. The number of morpholine rings is 1. The van der Waals surface area contributed by atoms with Crippen molar-refractivity contribution in [3.8, 4) is 0 Å². The molecule has 2 N–H and O–H groups in total. The first-order valence-electron chi connectivity index (χ1n) is 7.94. The fraction of sp³-hybridized carbons (Fsp3) is 0.667. The van der Waals surface area contributed by atoms with Crippen LogP contribution < -0.4 is 10.6 Å². The summed E-state index contributed by atoms with van der Waals surface area (Å²) in [5.41, 5.74) is 0.382. The molecule has 0 aromatic carbocycles. The van der Waals surface area contributed by atoms with Crippen LogP contribution in [0.4, 0.5) is 5.82 Å². The highest BCUT2D eigenvalue weighted by Gasteiger charge is 2.11. The van der Waals surface area contributed by atoms with Crippen molar-refractivity contribution in [3.05, 3.63) is 18.1 Å². The van der Waals surface area contributed by atoms with Crippen molar-refractivity contribution in [2.45, 2.75) is 0 Å². The molecular weight excluding hydrogens is 296 g/mol. The quantitative estimate of drug-likeness (QED) is 0.668. The number of hydrogen-bond donors (Lipinski definition) is 2. The van der Waals surface area contributed by atoms with E-state index in [-0.39, 0.29) is 5.91 Å². The van der Waals surface area contributed by atoms with E-state index in [1.165, 1.54) is 6.33 Å². The van der Waals surface area contributed by atoms with Crippen molar-refractivity contribution >= 4 is 11.7 Å². The predicted molar refractivity (Wildman–Crippen MR) is 88.7 cm³/mol. The van der Waals surface area contributed by atoms with Gasteiger partial charge in [0.25, 0.3) is 5.91 Å². The molecule has 128 valence electrons. The zero-order chi connectivity index (χ0) is 16.5. The molecule has 1 amide bonds. The maximum Gasteiger partial charge on any atom is 0.270 e. The van der Waals surface area contributed by atoms with Crippen molar-refractivity contribution < 1.29 is 9.53 Å². The van der Waals surface area contributed by atoms with Gasteiger partial charge in [-0.25, -0.2) is 9.97 Å². The highest BCUT2D eigenvalue weighted by Crippen LogP contribution is 2.04. The molecule has 0 aliphatic carbocycles. The van der Waals surface area contributed by atoms with Crippen LogP contribution in [0.3, 0.4) is 0 Å². The van der Waals surface area contributed by atoms with Crippen LogP contribution >= 0.6 is 0 Å². The van der Waals surface area contributed by atoms with E-state index in [0.717, 1.165) is 45.9 Å². The largest absolute Gasteiger partial charge is 0.379 e. The number of likely N-dealkylation sites (N-methyl/N-ethyl adjacent to an activating group) is 1. The number of ether oxygens (including phenoxy) is 1. The number of hydrogen-bond acceptors (Lipinski definition) is 7. The summed E-state index contributed by atoms with van der Waals surface area (Å²) >= 11 is 0. The topological polar surface area (TPSA) is 82.6 Å². The van der Waals surface area contributed by atoms with Gasteiger partial charge in [0.15, 0.2) is 0 Å². The average Bonchev–Trinajstić information content (AvgIpc) is 2.56. The fourth-order valence-corrected chi connectivity index (χ4v) is 2.23. The molecule has 0 bridgehead atoms. The van der Waals surface area contributed by atoms with Gasteiger partial charge in [0.2, 0.25) is 0 Å². The second-order valence-corrected chi connectivity index (χ2v) is 5.73. The summed E-state index contributed by atoms with van der Waals surface area (Å²) in [4.78, 5) is 24.6. The molecule has 1 aliphatic rings. The molecule has 23 heavy (non-hydrogen) atoms. The Balaban J connectivity index is 1.75. The number of carbonyl (C=O) groups is 1. The molecule has 0 unspecified atom stereocenters. The second-order valence-electron chi connectivity index (χ2n) is 5.73. The van der Waals surface area contributed by atoms with Crippen LogP contribution in [0.25, 0.3) is 0 Å². The van der Waals surface area contributed by atoms with E-state index in [9.17, 15) is 4.79 Å². The molecular formula is C15H26N6O2. The summed E-state index contributed by atoms with van der Waals surface area (Å²) in [7, 11) is 3.93. The summed E-state index contributed by atoms with van der Waals surface area (Å²) in [6.45, 7) is 6.61. The Labute approximate surface area is 137 Å². The Bertz CT molecular complexity index is 491. The number of carbonyl (C=O) groups excluding carboxylic acids is 1. The van der Waals surface area contributed by atoms with E-state index >= 15 is 0 Å². The fourth-order valence-electron chi connectivity index (χ4n) is 2.23. The molecule has 1 fully saturated rings. The van der Waals surface area contributed by atoms with Crippen LogP contribution in [0.1, 0.15) is 10.5 Å². The Kier molecular flexibility index (Phi) is 7.18. The summed E-state index contributed by atoms with van der Waals surface area (Å²) in [5.74, 6) is 0.497. The third-order valence-corrected chi connectivity index (χ3v) is 3.58. The van der Waals surface area contributed by atoms with Gasteiger partial charge in [0.1, 0.15) is 17.8 Å². The summed E-state index contributed by atoms with van der Waals surface area (Å²) in [5, 5.41) is 6.08. The minimum absolute atomic E-state index is 0.175. The van der Waals surface area contributed by atoms with Crippen LogP contribution in [0, 0.1) is 0 Å². The maximum atomic E-state index is 12.0. The standard InChI is InChI=1S/C15H26N6O2/c1-20(2)5-3-17-15(22)13-11-14(19-12-18-13)16-4-6-21-7-9-23-10-8-21/h11-12H,3-10H2,1-2H3,(H,17,22)(H,16,18,19). The minimum Gasteiger partial charge on any atom is -0.379 e. The molecule has 0 spiro atoms. The second kappa shape index (κ2) is 9.39. The maximum absolute atomic E-state index is 12.0. The molecule has 1 aliphatic heterocycles. The lowest BCUT2D eigenvalue weighted by atomic mass is 10.3. The SMILES string of the molecule is CN(C)CCNC(=O)c1cc(NCCN2CCOCC2)ncn1. The molecule has 1 saturated heterocycles. The first-order chi connectivity index (χ1) is 11.1. The van der Waals surface area contributed by atoms with Crippen LogP contribution in [0.15, 0.2) is 12.4 Å². The normalized spacial score (nSPS) is 15.6. The van der Waals surface area contributed by atoms with Crippen LogP contribution in [0.5, 0.6) is 0 Å². The van der Waals surface area contributed by atoms with E-state index in [0.29, 0.717) is 18.1 Å². The van der Waals surface area contributed by atoms with Gasteiger partial charge in [0, 0.05) is 45.3 Å². The van der Waals surface area contributed by atoms with Gasteiger partial charge in [0.05, 0.1) is 13.2 Å². The highest BCUT2D eigenvalue weighted by atomic mass is 16.5. The van der Waals surface area contributed by atoms with Gasteiger partial charge in [-0.05, 0) is 14.1 Å². The summed E-state index contributed by atoms with van der Waals surface area (Å²) < 4.78 is 5.32. The number of anilines is 1. The zero-order valence-electron chi connectivity index (χ0n) is 13.9. The van der Waals surface area contributed by atoms with Gasteiger partial charge in [-0.1, -0.05) is 0 Å². The van der Waals surface area contributed by atoms with Gasteiger partial charge < -0.3 is 20.3 Å². The average molecular weight is 322 g/mol. The Morgan fingerprint density at radius 1 is 1.30 bits per heavy atom. The predicted octanol–water partition coefficient (Wildman–Crippen LogP) is -0.488.